The maximum atomic E-state index is 11.8. The summed E-state index contributed by atoms with van der Waals surface area (Å²) < 4.78 is 0. The fourth-order valence-corrected chi connectivity index (χ4v) is 2.70. The van der Waals surface area contributed by atoms with Crippen molar-refractivity contribution in [3.8, 4) is 0 Å². The van der Waals surface area contributed by atoms with Gasteiger partial charge in [0.1, 0.15) is 5.69 Å². The molecule has 2 heterocycles. The third kappa shape index (κ3) is 2.10. The molecular formula is C11H15N3OS. The van der Waals surface area contributed by atoms with Gasteiger partial charge in [-0.05, 0) is 12.8 Å². The average molecular weight is 237 g/mol. The second kappa shape index (κ2) is 4.14. The molecule has 0 bridgehead atoms. The Labute approximate surface area is 98.5 Å². The summed E-state index contributed by atoms with van der Waals surface area (Å²) in [4.78, 5) is 16.1. The monoisotopic (exact) mass is 237 g/mol. The highest BCUT2D eigenvalue weighted by atomic mass is 32.1. The van der Waals surface area contributed by atoms with E-state index in [4.69, 9.17) is 0 Å². The predicted octanol–water partition coefficient (Wildman–Crippen LogP) is 0.970. The lowest BCUT2D eigenvalue weighted by Crippen LogP contribution is -2.48. The number of hydrogen-bond donors (Lipinski definition) is 2. The van der Waals surface area contributed by atoms with Crippen molar-refractivity contribution in [1.82, 2.24) is 15.6 Å². The molecule has 1 aromatic rings. The Morgan fingerprint density at radius 3 is 3.00 bits per heavy atom. The molecule has 0 spiro atoms. The molecule has 1 aromatic heterocycles. The molecule has 86 valence electrons. The molecule has 16 heavy (non-hydrogen) atoms. The van der Waals surface area contributed by atoms with Crippen molar-refractivity contribution in [1.29, 1.82) is 0 Å². The zero-order chi connectivity index (χ0) is 11.0. The molecule has 5 heteroatoms. The summed E-state index contributed by atoms with van der Waals surface area (Å²) in [6.07, 6.45) is 2.48. The largest absolute Gasteiger partial charge is 0.350 e. The van der Waals surface area contributed by atoms with Crippen LogP contribution in [-0.4, -0.2) is 30.5 Å². The zero-order valence-corrected chi connectivity index (χ0v) is 9.85. The number of aromatic nitrogens is 1. The first kappa shape index (κ1) is 10.2. The number of rotatable bonds is 4. The number of nitrogens with zero attached hydrogens (tertiary/aromatic N) is 1. The van der Waals surface area contributed by atoms with E-state index in [-0.39, 0.29) is 5.91 Å². The van der Waals surface area contributed by atoms with Gasteiger partial charge in [0.15, 0.2) is 0 Å². The molecule has 1 saturated heterocycles. The van der Waals surface area contributed by atoms with Crippen molar-refractivity contribution in [2.24, 2.45) is 5.92 Å². The molecule has 2 fully saturated rings. The highest BCUT2D eigenvalue weighted by molar-refractivity contribution is 7.10. The van der Waals surface area contributed by atoms with Gasteiger partial charge in [-0.25, -0.2) is 4.98 Å². The van der Waals surface area contributed by atoms with Gasteiger partial charge in [-0.2, -0.15) is 0 Å². The first-order valence-corrected chi connectivity index (χ1v) is 6.65. The molecule has 1 amide bonds. The van der Waals surface area contributed by atoms with E-state index in [0.29, 0.717) is 17.5 Å². The van der Waals surface area contributed by atoms with Crippen LogP contribution in [0, 0.1) is 5.92 Å². The van der Waals surface area contributed by atoms with Gasteiger partial charge >= 0.3 is 0 Å². The van der Waals surface area contributed by atoms with E-state index in [1.165, 1.54) is 12.8 Å². The number of carbonyl (C=O) groups excluding carboxylic acids is 1. The smallest absolute Gasteiger partial charge is 0.270 e. The fraction of sp³-hybridized carbons (Fsp3) is 0.636. The Morgan fingerprint density at radius 1 is 1.56 bits per heavy atom. The van der Waals surface area contributed by atoms with Crippen LogP contribution < -0.4 is 10.6 Å². The van der Waals surface area contributed by atoms with Crippen molar-refractivity contribution in [2.75, 3.05) is 19.6 Å². The molecule has 0 atom stereocenters. The molecule has 1 aliphatic heterocycles. The number of nitrogens with one attached hydrogen (secondary N) is 2. The highest BCUT2D eigenvalue weighted by Crippen LogP contribution is 2.41. The summed E-state index contributed by atoms with van der Waals surface area (Å²) in [6, 6.07) is 0. The van der Waals surface area contributed by atoms with Crippen LogP contribution in [0.3, 0.4) is 0 Å². The Balaban J connectivity index is 1.55. The van der Waals surface area contributed by atoms with Crippen LogP contribution in [0.1, 0.15) is 34.3 Å². The summed E-state index contributed by atoms with van der Waals surface area (Å²) in [5.41, 5.74) is 0.596. The lowest BCUT2D eigenvalue weighted by Gasteiger charge is -2.26. The van der Waals surface area contributed by atoms with Gasteiger partial charge in [0.2, 0.25) is 0 Å². The van der Waals surface area contributed by atoms with Crippen LogP contribution in [0.15, 0.2) is 5.38 Å². The topological polar surface area (TPSA) is 54.0 Å². The molecule has 0 radical (unpaired) electrons. The maximum absolute atomic E-state index is 11.8. The number of carbonyl (C=O) groups is 1. The Hall–Kier alpha value is -0.940. The van der Waals surface area contributed by atoms with E-state index >= 15 is 0 Å². The van der Waals surface area contributed by atoms with E-state index in [0.717, 1.165) is 24.6 Å². The van der Waals surface area contributed by atoms with Gasteiger partial charge < -0.3 is 10.6 Å². The molecule has 2 aliphatic rings. The Morgan fingerprint density at radius 2 is 2.38 bits per heavy atom. The number of hydrogen-bond acceptors (Lipinski definition) is 4. The first-order chi connectivity index (χ1) is 7.83. The van der Waals surface area contributed by atoms with Crippen LogP contribution in [-0.2, 0) is 0 Å². The summed E-state index contributed by atoms with van der Waals surface area (Å²) in [6.45, 7) is 2.80. The quantitative estimate of drug-likeness (QED) is 0.820. The maximum Gasteiger partial charge on any atom is 0.270 e. The van der Waals surface area contributed by atoms with Gasteiger partial charge in [-0.3, -0.25) is 4.79 Å². The van der Waals surface area contributed by atoms with Crippen LogP contribution >= 0.6 is 11.3 Å². The summed E-state index contributed by atoms with van der Waals surface area (Å²) in [5, 5.41) is 9.14. The van der Waals surface area contributed by atoms with Gasteiger partial charge in [-0.15, -0.1) is 11.3 Å². The van der Waals surface area contributed by atoms with Gasteiger partial charge in [0, 0.05) is 36.9 Å². The highest BCUT2D eigenvalue weighted by Gasteiger charge is 2.27. The van der Waals surface area contributed by atoms with Crippen molar-refractivity contribution in [3.63, 3.8) is 0 Å². The minimum absolute atomic E-state index is 0.0185. The lowest BCUT2D eigenvalue weighted by molar-refractivity contribution is 0.0938. The Kier molecular flexibility index (Phi) is 2.65. The molecular weight excluding hydrogens is 222 g/mol. The molecule has 0 aromatic carbocycles. The van der Waals surface area contributed by atoms with E-state index in [9.17, 15) is 4.79 Å². The number of thiazole rings is 1. The summed E-state index contributed by atoms with van der Waals surface area (Å²) >= 11 is 1.62. The second-order valence-corrected chi connectivity index (χ2v) is 5.47. The number of amides is 1. The SMILES string of the molecule is O=C(NCC1CNC1)c1csc(C2CC2)n1. The fourth-order valence-electron chi connectivity index (χ4n) is 1.73. The molecule has 1 saturated carbocycles. The van der Waals surface area contributed by atoms with Crippen molar-refractivity contribution in [3.05, 3.63) is 16.1 Å². The molecule has 1 aliphatic carbocycles. The minimum Gasteiger partial charge on any atom is -0.350 e. The Bertz CT molecular complexity index is 396. The predicted molar refractivity (Wildman–Crippen MR) is 62.8 cm³/mol. The van der Waals surface area contributed by atoms with Gasteiger partial charge in [0.25, 0.3) is 5.91 Å². The third-order valence-electron chi connectivity index (χ3n) is 3.10. The van der Waals surface area contributed by atoms with Crippen LogP contribution in [0.4, 0.5) is 0 Å². The van der Waals surface area contributed by atoms with Crippen LogP contribution in [0.2, 0.25) is 0 Å². The third-order valence-corrected chi connectivity index (χ3v) is 4.11. The van der Waals surface area contributed by atoms with Gasteiger partial charge in [0.05, 0.1) is 5.01 Å². The summed E-state index contributed by atoms with van der Waals surface area (Å²) in [5.74, 6) is 1.22. The normalized spacial score (nSPS) is 20.5. The molecule has 2 N–H and O–H groups in total. The van der Waals surface area contributed by atoms with Gasteiger partial charge in [-0.1, -0.05) is 0 Å². The van der Waals surface area contributed by atoms with Crippen molar-refractivity contribution < 1.29 is 4.79 Å². The summed E-state index contributed by atoms with van der Waals surface area (Å²) in [7, 11) is 0. The second-order valence-electron chi connectivity index (χ2n) is 4.58. The van der Waals surface area contributed by atoms with E-state index in [1.54, 1.807) is 11.3 Å². The lowest BCUT2D eigenvalue weighted by atomic mass is 10.0. The average Bonchev–Trinajstić information content (AvgIpc) is 2.94. The van der Waals surface area contributed by atoms with Crippen LogP contribution in [0.5, 0.6) is 0 Å². The van der Waals surface area contributed by atoms with E-state index in [2.05, 4.69) is 15.6 Å². The standard InChI is InChI=1S/C11H15N3OS/c15-10(13-5-7-3-12-4-7)9-6-16-11(14-9)8-1-2-8/h6-8,12H,1-5H2,(H,13,15). The van der Waals surface area contributed by atoms with E-state index < -0.39 is 0 Å². The molecule has 4 nitrogen and oxygen atoms in total. The van der Waals surface area contributed by atoms with Crippen molar-refractivity contribution in [2.45, 2.75) is 18.8 Å². The molecule has 3 rings (SSSR count). The zero-order valence-electron chi connectivity index (χ0n) is 9.03. The first-order valence-electron chi connectivity index (χ1n) is 5.77. The van der Waals surface area contributed by atoms with Crippen LogP contribution in [0.25, 0.3) is 0 Å². The van der Waals surface area contributed by atoms with E-state index in [1.807, 2.05) is 5.38 Å². The minimum atomic E-state index is -0.0185. The molecule has 0 unspecified atom stereocenters. The van der Waals surface area contributed by atoms with Crippen molar-refractivity contribution >= 4 is 17.2 Å².